The van der Waals surface area contributed by atoms with E-state index in [1.54, 1.807) is 0 Å². The van der Waals surface area contributed by atoms with E-state index in [9.17, 15) is 0 Å². The van der Waals surface area contributed by atoms with E-state index in [0.717, 1.165) is 11.8 Å². The van der Waals surface area contributed by atoms with E-state index >= 15 is 0 Å². The Kier molecular flexibility index (Phi) is 6.31. The molecule has 2 fully saturated rings. The van der Waals surface area contributed by atoms with Crippen LogP contribution in [-0.2, 0) is 0 Å². The van der Waals surface area contributed by atoms with Crippen molar-refractivity contribution < 1.29 is 24.0 Å². The highest BCUT2D eigenvalue weighted by molar-refractivity contribution is 4.86. The Morgan fingerprint density at radius 2 is 0.929 bits per heavy atom. The van der Waals surface area contributed by atoms with E-state index in [1.165, 1.54) is 64.2 Å². The highest BCUT2D eigenvalue weighted by atomic mass is 127. The number of hydrogen-bond acceptors (Lipinski definition) is 0. The molecule has 2 aliphatic rings. The molecule has 1 heteroatoms. The van der Waals surface area contributed by atoms with Gasteiger partial charge in [-0.25, -0.2) is 0 Å². The first kappa shape index (κ1) is 12.7. The van der Waals surface area contributed by atoms with Crippen LogP contribution in [0.15, 0.2) is 0 Å². The van der Waals surface area contributed by atoms with Gasteiger partial charge in [0.05, 0.1) is 18.3 Å². The van der Waals surface area contributed by atoms with E-state index < -0.39 is 0 Å². The first-order chi connectivity index (χ1) is 6.45. The third-order valence-corrected chi connectivity index (χ3v) is 3.84. The standard InChI is InChI=1S/C13H23.HI/c1-3-7-12(8-4-1)11-13-9-5-2-6-10-13;/h11-13H,1-10H2;1H/q+1;/p-1. The largest absolute Gasteiger partial charge is 1.00 e. The minimum absolute atomic E-state index is 0. The highest BCUT2D eigenvalue weighted by Crippen LogP contribution is 2.34. The van der Waals surface area contributed by atoms with Crippen molar-refractivity contribution in [3.05, 3.63) is 6.42 Å². The SMILES string of the molecule is [CH+](C1CCCCC1)C1CCCCC1.[I-]. The molecule has 82 valence electrons. The van der Waals surface area contributed by atoms with Gasteiger partial charge in [-0.05, 0) is 51.4 Å². The summed E-state index contributed by atoms with van der Waals surface area (Å²) in [6.45, 7) is 0. The molecule has 0 aromatic rings. The molecule has 0 nitrogen and oxygen atoms in total. The normalized spacial score (nSPS) is 25.4. The van der Waals surface area contributed by atoms with E-state index in [-0.39, 0.29) is 24.0 Å². The molecule has 2 saturated carbocycles. The zero-order valence-corrected chi connectivity index (χ0v) is 11.3. The monoisotopic (exact) mass is 306 g/mol. The minimum Gasteiger partial charge on any atom is -1.00 e. The van der Waals surface area contributed by atoms with Crippen LogP contribution in [0, 0.1) is 18.3 Å². The van der Waals surface area contributed by atoms with Crippen LogP contribution in [0.3, 0.4) is 0 Å². The zero-order valence-electron chi connectivity index (χ0n) is 9.18. The summed E-state index contributed by atoms with van der Waals surface area (Å²) >= 11 is 0. The predicted octanol–water partition coefficient (Wildman–Crippen LogP) is 1.36. The summed E-state index contributed by atoms with van der Waals surface area (Å²) in [5, 5.41) is 0. The molecule has 0 saturated heterocycles. The quantitative estimate of drug-likeness (QED) is 0.534. The number of hydrogen-bond donors (Lipinski definition) is 0. The minimum atomic E-state index is 0. The number of halogens is 1. The second kappa shape index (κ2) is 6.97. The van der Waals surface area contributed by atoms with E-state index in [0.29, 0.717) is 0 Å². The predicted molar refractivity (Wildman–Crippen MR) is 57.5 cm³/mol. The average molecular weight is 306 g/mol. The summed E-state index contributed by atoms with van der Waals surface area (Å²) in [6.07, 6.45) is 17.7. The van der Waals surface area contributed by atoms with Crippen LogP contribution in [0.2, 0.25) is 0 Å². The van der Waals surface area contributed by atoms with E-state index in [2.05, 4.69) is 6.42 Å². The van der Waals surface area contributed by atoms with Crippen LogP contribution in [0.25, 0.3) is 0 Å². The van der Waals surface area contributed by atoms with Crippen LogP contribution >= 0.6 is 0 Å². The zero-order chi connectivity index (χ0) is 8.93. The summed E-state index contributed by atoms with van der Waals surface area (Å²) < 4.78 is 0. The fourth-order valence-electron chi connectivity index (χ4n) is 3.04. The Morgan fingerprint density at radius 3 is 1.29 bits per heavy atom. The van der Waals surface area contributed by atoms with Crippen LogP contribution in [0.1, 0.15) is 64.2 Å². The van der Waals surface area contributed by atoms with Gasteiger partial charge in [0.1, 0.15) is 0 Å². The second-order valence-electron chi connectivity index (χ2n) is 4.99. The first-order valence-electron chi connectivity index (χ1n) is 6.30. The Labute approximate surface area is 106 Å². The van der Waals surface area contributed by atoms with Crippen molar-refractivity contribution in [1.82, 2.24) is 0 Å². The topological polar surface area (TPSA) is 0 Å². The molecule has 0 aromatic carbocycles. The molecule has 0 N–H and O–H groups in total. The first-order valence-corrected chi connectivity index (χ1v) is 6.30. The summed E-state index contributed by atoms with van der Waals surface area (Å²) in [4.78, 5) is 0. The summed E-state index contributed by atoms with van der Waals surface area (Å²) in [7, 11) is 0. The van der Waals surface area contributed by atoms with Crippen molar-refractivity contribution in [3.8, 4) is 0 Å². The molecule has 0 atom stereocenters. The molecular formula is C13H23I. The molecule has 0 radical (unpaired) electrons. The summed E-state index contributed by atoms with van der Waals surface area (Å²) in [5.41, 5.74) is 0. The van der Waals surface area contributed by atoms with Gasteiger partial charge < -0.3 is 24.0 Å². The Balaban J connectivity index is 0.000000980. The van der Waals surface area contributed by atoms with Crippen molar-refractivity contribution in [2.24, 2.45) is 11.8 Å². The lowest BCUT2D eigenvalue weighted by molar-refractivity contribution is -0.00000282. The Morgan fingerprint density at radius 1 is 0.571 bits per heavy atom. The maximum absolute atomic E-state index is 2.72. The van der Waals surface area contributed by atoms with Crippen LogP contribution in [-0.4, -0.2) is 0 Å². The van der Waals surface area contributed by atoms with Gasteiger partial charge in [-0.1, -0.05) is 12.8 Å². The van der Waals surface area contributed by atoms with Gasteiger partial charge in [0, 0.05) is 0 Å². The third kappa shape index (κ3) is 4.00. The molecule has 0 spiro atoms. The maximum atomic E-state index is 2.72. The molecule has 0 aromatic heterocycles. The summed E-state index contributed by atoms with van der Waals surface area (Å²) in [6, 6.07) is 0. The van der Waals surface area contributed by atoms with Gasteiger partial charge in [0.25, 0.3) is 0 Å². The molecule has 2 rings (SSSR count). The molecule has 0 bridgehead atoms. The van der Waals surface area contributed by atoms with Crippen molar-refractivity contribution in [3.63, 3.8) is 0 Å². The third-order valence-electron chi connectivity index (χ3n) is 3.84. The van der Waals surface area contributed by atoms with Crippen molar-refractivity contribution >= 4 is 0 Å². The lowest BCUT2D eigenvalue weighted by Crippen LogP contribution is -3.00. The van der Waals surface area contributed by atoms with Gasteiger partial charge in [0.15, 0.2) is 0 Å². The highest BCUT2D eigenvalue weighted by Gasteiger charge is 2.28. The summed E-state index contributed by atoms with van der Waals surface area (Å²) in [5.74, 6) is 1.99. The van der Waals surface area contributed by atoms with Crippen molar-refractivity contribution in [2.75, 3.05) is 0 Å². The van der Waals surface area contributed by atoms with Gasteiger partial charge in [-0.2, -0.15) is 0 Å². The maximum Gasteiger partial charge on any atom is 0.0980 e. The lowest BCUT2D eigenvalue weighted by Gasteiger charge is -2.21. The smallest absolute Gasteiger partial charge is 0.0980 e. The molecular weight excluding hydrogens is 283 g/mol. The Hall–Kier alpha value is 0.600. The van der Waals surface area contributed by atoms with Crippen LogP contribution < -0.4 is 24.0 Å². The van der Waals surface area contributed by atoms with Crippen molar-refractivity contribution in [1.29, 1.82) is 0 Å². The molecule has 0 amide bonds. The molecule has 0 unspecified atom stereocenters. The van der Waals surface area contributed by atoms with Gasteiger partial charge in [-0.15, -0.1) is 0 Å². The second-order valence-corrected chi connectivity index (χ2v) is 4.99. The Bertz CT molecular complexity index is 116. The molecule has 0 aliphatic heterocycles. The van der Waals surface area contributed by atoms with Gasteiger partial charge in [-0.3, -0.25) is 0 Å². The lowest BCUT2D eigenvalue weighted by atomic mass is 9.78. The fourth-order valence-corrected chi connectivity index (χ4v) is 3.04. The number of rotatable bonds is 2. The van der Waals surface area contributed by atoms with Gasteiger partial charge in [0.2, 0.25) is 0 Å². The van der Waals surface area contributed by atoms with E-state index in [1.807, 2.05) is 0 Å². The fraction of sp³-hybridized carbons (Fsp3) is 0.923. The van der Waals surface area contributed by atoms with Crippen molar-refractivity contribution in [2.45, 2.75) is 64.2 Å². The average Bonchev–Trinajstić information content (AvgIpc) is 2.21. The molecule has 0 heterocycles. The molecule has 2 aliphatic carbocycles. The van der Waals surface area contributed by atoms with Crippen LogP contribution in [0.4, 0.5) is 0 Å². The van der Waals surface area contributed by atoms with E-state index in [4.69, 9.17) is 0 Å². The molecule has 14 heavy (non-hydrogen) atoms. The van der Waals surface area contributed by atoms with Gasteiger partial charge >= 0.3 is 0 Å². The van der Waals surface area contributed by atoms with Crippen LogP contribution in [0.5, 0.6) is 0 Å².